The molecular weight excluding hydrogens is 288 g/mol. The van der Waals surface area contributed by atoms with Crippen molar-refractivity contribution in [1.29, 1.82) is 0 Å². The summed E-state index contributed by atoms with van der Waals surface area (Å²) >= 11 is 6.15. The van der Waals surface area contributed by atoms with Gasteiger partial charge in [0.05, 0.1) is 17.1 Å². The van der Waals surface area contributed by atoms with Crippen molar-refractivity contribution in [3.63, 3.8) is 0 Å². The smallest absolute Gasteiger partial charge is 0.249 e. The fourth-order valence-electron chi connectivity index (χ4n) is 2.69. The molecule has 5 nitrogen and oxygen atoms in total. The Hall–Kier alpha value is -1.43. The lowest BCUT2D eigenvalue weighted by Crippen LogP contribution is -2.43. The topological polar surface area (TPSA) is 54.2 Å². The van der Waals surface area contributed by atoms with E-state index in [2.05, 4.69) is 20.4 Å². The molecule has 1 fully saturated rings. The summed E-state index contributed by atoms with van der Waals surface area (Å²) in [4.78, 5) is 2.34. The van der Waals surface area contributed by atoms with Crippen LogP contribution in [-0.2, 0) is 6.54 Å². The summed E-state index contributed by atoms with van der Waals surface area (Å²) in [5, 5.41) is 12.2. The Morgan fingerprint density at radius 1 is 1.38 bits per heavy atom. The number of nitrogens with one attached hydrogen (secondary N) is 1. The molecule has 1 atom stereocenters. The molecule has 1 saturated heterocycles. The highest BCUT2D eigenvalue weighted by Crippen LogP contribution is 2.26. The van der Waals surface area contributed by atoms with Crippen molar-refractivity contribution in [2.45, 2.75) is 25.4 Å². The normalized spacial score (nSPS) is 19.8. The monoisotopic (exact) mass is 306 g/mol. The number of hydrogen-bond acceptors (Lipinski definition) is 5. The Balaban J connectivity index is 1.69. The van der Waals surface area contributed by atoms with Gasteiger partial charge in [0, 0.05) is 12.6 Å². The molecule has 0 amide bonds. The molecule has 1 aromatic heterocycles. The van der Waals surface area contributed by atoms with Crippen LogP contribution < -0.4 is 5.32 Å². The van der Waals surface area contributed by atoms with Crippen LogP contribution in [0.2, 0.25) is 5.02 Å². The predicted molar refractivity (Wildman–Crippen MR) is 82.1 cm³/mol. The van der Waals surface area contributed by atoms with Crippen LogP contribution in [0.15, 0.2) is 28.7 Å². The Kier molecular flexibility index (Phi) is 4.53. The van der Waals surface area contributed by atoms with E-state index in [0.29, 0.717) is 29.4 Å². The number of likely N-dealkylation sites (N-methyl/N-ethyl adjacent to an activating group) is 1. The number of likely N-dealkylation sites (tertiary alicyclic amines) is 1. The van der Waals surface area contributed by atoms with Crippen molar-refractivity contribution >= 4 is 11.6 Å². The SMILES string of the molecule is CNC1CCCN(Cc2nnc(-c3ccccc3Cl)o2)C1. The van der Waals surface area contributed by atoms with Gasteiger partial charge in [-0.1, -0.05) is 23.7 Å². The van der Waals surface area contributed by atoms with Crippen LogP contribution in [0.5, 0.6) is 0 Å². The highest BCUT2D eigenvalue weighted by molar-refractivity contribution is 6.33. The minimum absolute atomic E-state index is 0.484. The molecule has 0 aliphatic carbocycles. The maximum Gasteiger partial charge on any atom is 0.249 e. The van der Waals surface area contributed by atoms with Crippen LogP contribution in [0.1, 0.15) is 18.7 Å². The van der Waals surface area contributed by atoms with E-state index in [-0.39, 0.29) is 0 Å². The first-order chi connectivity index (χ1) is 10.3. The molecule has 1 aliphatic rings. The third kappa shape index (κ3) is 3.43. The lowest BCUT2D eigenvalue weighted by atomic mass is 10.1. The molecule has 0 spiro atoms. The third-order valence-corrected chi connectivity index (χ3v) is 4.17. The van der Waals surface area contributed by atoms with Gasteiger partial charge in [-0.15, -0.1) is 10.2 Å². The minimum Gasteiger partial charge on any atom is -0.419 e. The number of hydrogen-bond donors (Lipinski definition) is 1. The summed E-state index contributed by atoms with van der Waals surface area (Å²) in [6.07, 6.45) is 2.42. The lowest BCUT2D eigenvalue weighted by molar-refractivity contribution is 0.173. The maximum atomic E-state index is 6.15. The first kappa shape index (κ1) is 14.5. The summed E-state index contributed by atoms with van der Waals surface area (Å²) < 4.78 is 5.75. The summed E-state index contributed by atoms with van der Waals surface area (Å²) in [6.45, 7) is 2.78. The summed E-state index contributed by atoms with van der Waals surface area (Å²) in [6, 6.07) is 8.05. The first-order valence-electron chi connectivity index (χ1n) is 7.23. The van der Waals surface area contributed by atoms with E-state index in [0.717, 1.165) is 18.7 Å². The van der Waals surface area contributed by atoms with Crippen LogP contribution >= 0.6 is 11.6 Å². The predicted octanol–water partition coefficient (Wildman–Crippen LogP) is 2.57. The fourth-order valence-corrected chi connectivity index (χ4v) is 2.90. The van der Waals surface area contributed by atoms with Gasteiger partial charge in [0.25, 0.3) is 0 Å². The number of rotatable bonds is 4. The minimum atomic E-state index is 0.484. The molecule has 2 heterocycles. The van der Waals surface area contributed by atoms with Crippen molar-refractivity contribution in [2.24, 2.45) is 0 Å². The number of halogens is 1. The second-order valence-corrected chi connectivity index (χ2v) is 5.75. The molecule has 1 aliphatic heterocycles. The second-order valence-electron chi connectivity index (χ2n) is 5.34. The van der Waals surface area contributed by atoms with E-state index >= 15 is 0 Å². The zero-order valence-corrected chi connectivity index (χ0v) is 12.8. The third-order valence-electron chi connectivity index (χ3n) is 3.84. The summed E-state index contributed by atoms with van der Waals surface area (Å²) in [5.74, 6) is 1.12. The zero-order valence-electron chi connectivity index (χ0n) is 12.1. The van der Waals surface area contributed by atoms with Crippen molar-refractivity contribution in [3.8, 4) is 11.5 Å². The van der Waals surface area contributed by atoms with Gasteiger partial charge in [0.2, 0.25) is 11.8 Å². The van der Waals surface area contributed by atoms with Gasteiger partial charge in [0.1, 0.15) is 0 Å². The average Bonchev–Trinajstić information content (AvgIpc) is 2.96. The van der Waals surface area contributed by atoms with E-state index in [1.54, 1.807) is 0 Å². The number of aromatic nitrogens is 2. The molecule has 0 saturated carbocycles. The van der Waals surface area contributed by atoms with Gasteiger partial charge in [-0.3, -0.25) is 4.90 Å². The van der Waals surface area contributed by atoms with Crippen molar-refractivity contribution in [3.05, 3.63) is 35.2 Å². The molecule has 21 heavy (non-hydrogen) atoms. The molecule has 2 aromatic rings. The molecular formula is C15H19ClN4O. The van der Waals surface area contributed by atoms with Gasteiger partial charge in [-0.2, -0.15) is 0 Å². The maximum absolute atomic E-state index is 6.15. The summed E-state index contributed by atoms with van der Waals surface area (Å²) in [7, 11) is 2.01. The number of benzene rings is 1. The zero-order chi connectivity index (χ0) is 14.7. The fraction of sp³-hybridized carbons (Fsp3) is 0.467. The van der Waals surface area contributed by atoms with E-state index in [1.807, 2.05) is 31.3 Å². The summed E-state index contributed by atoms with van der Waals surface area (Å²) in [5.41, 5.74) is 0.782. The molecule has 112 valence electrons. The van der Waals surface area contributed by atoms with Crippen molar-refractivity contribution in [1.82, 2.24) is 20.4 Å². The number of piperidine rings is 1. The van der Waals surface area contributed by atoms with Crippen molar-refractivity contribution < 1.29 is 4.42 Å². The van der Waals surface area contributed by atoms with Gasteiger partial charge in [-0.25, -0.2) is 0 Å². The average molecular weight is 307 g/mol. The van der Waals surface area contributed by atoms with Crippen LogP contribution in [0.25, 0.3) is 11.5 Å². The molecule has 1 N–H and O–H groups in total. The van der Waals surface area contributed by atoms with Gasteiger partial charge < -0.3 is 9.73 Å². The Morgan fingerprint density at radius 2 is 2.24 bits per heavy atom. The van der Waals surface area contributed by atoms with Gasteiger partial charge in [-0.05, 0) is 38.6 Å². The van der Waals surface area contributed by atoms with Crippen LogP contribution in [-0.4, -0.2) is 41.3 Å². The number of nitrogens with zero attached hydrogens (tertiary/aromatic N) is 3. The molecule has 3 rings (SSSR count). The van der Waals surface area contributed by atoms with Crippen molar-refractivity contribution in [2.75, 3.05) is 20.1 Å². The molecule has 1 aromatic carbocycles. The van der Waals surface area contributed by atoms with E-state index in [1.165, 1.54) is 12.8 Å². The lowest BCUT2D eigenvalue weighted by Gasteiger charge is -2.31. The first-order valence-corrected chi connectivity index (χ1v) is 7.61. The molecule has 1 unspecified atom stereocenters. The quantitative estimate of drug-likeness (QED) is 0.941. The van der Waals surface area contributed by atoms with Crippen LogP contribution in [0.3, 0.4) is 0 Å². The van der Waals surface area contributed by atoms with E-state index in [9.17, 15) is 0 Å². The highest BCUT2D eigenvalue weighted by Gasteiger charge is 2.20. The Labute approximate surface area is 129 Å². The van der Waals surface area contributed by atoms with Crippen LogP contribution in [0.4, 0.5) is 0 Å². The molecule has 6 heteroatoms. The van der Waals surface area contributed by atoms with Gasteiger partial charge >= 0.3 is 0 Å². The van der Waals surface area contributed by atoms with E-state index < -0.39 is 0 Å². The standard InChI is InChI=1S/C15H19ClN4O/c1-17-11-5-4-8-20(9-11)10-14-18-19-15(21-14)12-6-2-3-7-13(12)16/h2-3,6-7,11,17H,4-5,8-10H2,1H3. The highest BCUT2D eigenvalue weighted by atomic mass is 35.5. The van der Waals surface area contributed by atoms with Crippen LogP contribution in [0, 0.1) is 0 Å². The Bertz CT molecular complexity index is 601. The van der Waals surface area contributed by atoms with Gasteiger partial charge in [0.15, 0.2) is 0 Å². The molecule has 0 bridgehead atoms. The molecule has 0 radical (unpaired) electrons. The largest absolute Gasteiger partial charge is 0.419 e. The Morgan fingerprint density at radius 3 is 3.05 bits per heavy atom. The second kappa shape index (κ2) is 6.56. The van der Waals surface area contributed by atoms with E-state index in [4.69, 9.17) is 16.0 Å².